The molecule has 0 aromatic heterocycles. The van der Waals surface area contributed by atoms with Crippen molar-refractivity contribution in [3.63, 3.8) is 0 Å². The summed E-state index contributed by atoms with van der Waals surface area (Å²) >= 11 is 12.0. The van der Waals surface area contributed by atoms with E-state index in [-0.39, 0.29) is 40.1 Å². The molecular weight excluding hydrogens is 542 g/mol. The number of halogens is 3. The van der Waals surface area contributed by atoms with Gasteiger partial charge < -0.3 is 16.0 Å². The normalized spacial score (nSPS) is 16.1. The number of rotatable bonds is 7. The van der Waals surface area contributed by atoms with Gasteiger partial charge in [0.2, 0.25) is 10.0 Å². The highest BCUT2D eigenvalue weighted by molar-refractivity contribution is 7.89. The van der Waals surface area contributed by atoms with E-state index in [1.807, 2.05) is 12.1 Å². The summed E-state index contributed by atoms with van der Waals surface area (Å²) in [6.07, 6.45) is -1.49. The summed E-state index contributed by atoms with van der Waals surface area (Å²) in [4.78, 5) is 27.7. The average Bonchev–Trinajstić information content (AvgIpc) is 3.35. The Kier molecular flexibility index (Phi) is 8.15. The summed E-state index contributed by atoms with van der Waals surface area (Å²) in [6.45, 7) is 0.205. The Hall–Kier alpha value is -3.02. The standard InChI is InChI=1S/C25H23Cl2FN4O4S/c26-21-9-8-20(13-22(21)27)37(35,36)32-11-10-31(25(34)18-4-6-19(28)7-5-18)24(32)23(33)30-15-17-3-1-2-16(12-17)14-29/h1-9,12-13,24H,10-11,14-15,29H2,(H,30,33). The smallest absolute Gasteiger partial charge is 0.259 e. The van der Waals surface area contributed by atoms with Crippen molar-refractivity contribution in [1.29, 1.82) is 0 Å². The maximum Gasteiger partial charge on any atom is 0.259 e. The average molecular weight is 565 g/mol. The highest BCUT2D eigenvalue weighted by Gasteiger charge is 2.46. The van der Waals surface area contributed by atoms with Crippen LogP contribution in [-0.4, -0.2) is 48.7 Å². The first-order valence-corrected chi connectivity index (χ1v) is 13.4. The Morgan fingerprint density at radius 2 is 1.68 bits per heavy atom. The van der Waals surface area contributed by atoms with Crippen LogP contribution < -0.4 is 11.1 Å². The highest BCUT2D eigenvalue weighted by Crippen LogP contribution is 2.30. The van der Waals surface area contributed by atoms with Gasteiger partial charge in [-0.25, -0.2) is 12.8 Å². The monoisotopic (exact) mass is 564 g/mol. The minimum absolute atomic E-state index is 0.0296. The summed E-state index contributed by atoms with van der Waals surface area (Å²) in [6, 6.07) is 15.9. The van der Waals surface area contributed by atoms with Crippen molar-refractivity contribution in [2.24, 2.45) is 5.73 Å². The topological polar surface area (TPSA) is 113 Å². The zero-order valence-electron chi connectivity index (χ0n) is 19.4. The van der Waals surface area contributed by atoms with Gasteiger partial charge in [-0.3, -0.25) is 9.59 Å². The van der Waals surface area contributed by atoms with Gasteiger partial charge in [0.15, 0.2) is 6.17 Å². The van der Waals surface area contributed by atoms with Crippen LogP contribution in [0.4, 0.5) is 4.39 Å². The van der Waals surface area contributed by atoms with Crippen LogP contribution in [0.3, 0.4) is 0 Å². The zero-order chi connectivity index (χ0) is 26.7. The Balaban J connectivity index is 1.66. The molecule has 4 rings (SSSR count). The molecule has 1 heterocycles. The second kappa shape index (κ2) is 11.2. The molecule has 37 heavy (non-hydrogen) atoms. The van der Waals surface area contributed by atoms with Crippen molar-refractivity contribution in [2.75, 3.05) is 13.1 Å². The second-order valence-corrected chi connectivity index (χ2v) is 11.0. The van der Waals surface area contributed by atoms with Crippen LogP contribution in [0.2, 0.25) is 10.0 Å². The van der Waals surface area contributed by atoms with E-state index in [0.717, 1.165) is 32.5 Å². The molecule has 3 aromatic rings. The lowest BCUT2D eigenvalue weighted by atomic mass is 10.1. The van der Waals surface area contributed by atoms with Crippen LogP contribution in [0, 0.1) is 5.82 Å². The third kappa shape index (κ3) is 5.78. The minimum atomic E-state index is -4.26. The largest absolute Gasteiger partial charge is 0.349 e. The molecule has 1 atom stereocenters. The van der Waals surface area contributed by atoms with E-state index in [9.17, 15) is 22.4 Å². The number of benzene rings is 3. The SMILES string of the molecule is NCc1cccc(CNC(=O)C2N(C(=O)c3ccc(F)cc3)CCN2S(=O)(=O)c2ccc(Cl)c(Cl)c2)c1. The molecule has 1 aliphatic rings. The molecule has 12 heteroatoms. The molecule has 0 radical (unpaired) electrons. The van der Waals surface area contributed by atoms with Crippen molar-refractivity contribution in [2.45, 2.75) is 24.2 Å². The zero-order valence-corrected chi connectivity index (χ0v) is 21.7. The van der Waals surface area contributed by atoms with Crippen molar-refractivity contribution in [1.82, 2.24) is 14.5 Å². The van der Waals surface area contributed by atoms with Gasteiger partial charge in [0.05, 0.1) is 14.9 Å². The fourth-order valence-corrected chi connectivity index (χ4v) is 5.96. The van der Waals surface area contributed by atoms with Crippen LogP contribution in [0.5, 0.6) is 0 Å². The number of amides is 2. The molecule has 0 bridgehead atoms. The summed E-state index contributed by atoms with van der Waals surface area (Å²) < 4.78 is 41.5. The number of hydrogen-bond donors (Lipinski definition) is 2. The lowest BCUT2D eigenvalue weighted by Gasteiger charge is -2.29. The molecule has 1 fully saturated rings. The maximum atomic E-state index is 13.6. The number of hydrogen-bond acceptors (Lipinski definition) is 5. The first-order chi connectivity index (χ1) is 17.6. The van der Waals surface area contributed by atoms with Crippen LogP contribution in [0.25, 0.3) is 0 Å². The Labute approximate surface area is 223 Å². The summed E-state index contributed by atoms with van der Waals surface area (Å²) in [5, 5.41) is 2.92. The van der Waals surface area contributed by atoms with E-state index in [1.54, 1.807) is 12.1 Å². The summed E-state index contributed by atoms with van der Waals surface area (Å²) in [5.41, 5.74) is 7.42. The maximum absolute atomic E-state index is 13.6. The minimum Gasteiger partial charge on any atom is -0.349 e. The van der Waals surface area contributed by atoms with Gasteiger partial charge in [-0.05, 0) is 53.6 Å². The number of nitrogens with zero attached hydrogens (tertiary/aromatic N) is 2. The number of sulfonamides is 1. The number of nitrogens with two attached hydrogens (primary N) is 1. The fraction of sp³-hybridized carbons (Fsp3) is 0.200. The van der Waals surface area contributed by atoms with Crippen LogP contribution in [-0.2, 0) is 27.9 Å². The van der Waals surface area contributed by atoms with Crippen molar-refractivity contribution < 1.29 is 22.4 Å². The lowest BCUT2D eigenvalue weighted by Crippen LogP contribution is -2.53. The van der Waals surface area contributed by atoms with Gasteiger partial charge in [0.1, 0.15) is 5.82 Å². The molecular formula is C25H23Cl2FN4O4S. The van der Waals surface area contributed by atoms with E-state index in [0.29, 0.717) is 6.54 Å². The van der Waals surface area contributed by atoms with Crippen molar-refractivity contribution in [3.05, 3.63) is 99.3 Å². The highest BCUT2D eigenvalue weighted by atomic mass is 35.5. The fourth-order valence-electron chi connectivity index (χ4n) is 4.02. The molecule has 194 valence electrons. The van der Waals surface area contributed by atoms with Gasteiger partial charge in [0, 0.05) is 31.7 Å². The van der Waals surface area contributed by atoms with Gasteiger partial charge in [0.25, 0.3) is 11.8 Å². The lowest BCUT2D eigenvalue weighted by molar-refractivity contribution is -0.127. The van der Waals surface area contributed by atoms with E-state index in [2.05, 4.69) is 5.32 Å². The summed E-state index contributed by atoms with van der Waals surface area (Å²) in [5.74, 6) is -1.84. The molecule has 1 aliphatic heterocycles. The van der Waals surface area contributed by atoms with E-state index in [4.69, 9.17) is 28.9 Å². The van der Waals surface area contributed by atoms with Gasteiger partial charge >= 0.3 is 0 Å². The Bertz CT molecular complexity index is 1440. The quantitative estimate of drug-likeness (QED) is 0.456. The predicted octanol–water partition coefficient (Wildman–Crippen LogP) is 3.38. The van der Waals surface area contributed by atoms with E-state index >= 15 is 0 Å². The van der Waals surface area contributed by atoms with Crippen LogP contribution >= 0.6 is 23.2 Å². The molecule has 0 aliphatic carbocycles. The molecule has 2 amide bonds. The van der Waals surface area contributed by atoms with Gasteiger partial charge in [-0.15, -0.1) is 0 Å². The second-order valence-electron chi connectivity index (χ2n) is 8.31. The number of carbonyl (C=O) groups excluding carboxylic acids is 2. The van der Waals surface area contributed by atoms with Crippen molar-refractivity contribution in [3.8, 4) is 0 Å². The molecule has 0 saturated carbocycles. The Morgan fingerprint density at radius 3 is 2.35 bits per heavy atom. The molecule has 1 saturated heterocycles. The number of nitrogens with one attached hydrogen (secondary N) is 1. The first kappa shape index (κ1) is 27.0. The van der Waals surface area contributed by atoms with E-state index < -0.39 is 33.8 Å². The Morgan fingerprint density at radius 1 is 0.973 bits per heavy atom. The molecule has 1 unspecified atom stereocenters. The van der Waals surface area contributed by atoms with Gasteiger partial charge in [-0.2, -0.15) is 4.31 Å². The van der Waals surface area contributed by atoms with E-state index in [1.165, 1.54) is 30.3 Å². The third-order valence-corrected chi connectivity index (χ3v) is 8.50. The van der Waals surface area contributed by atoms with Crippen LogP contribution in [0.1, 0.15) is 21.5 Å². The number of carbonyl (C=O) groups is 2. The molecule has 0 spiro atoms. The van der Waals surface area contributed by atoms with Crippen molar-refractivity contribution >= 4 is 45.0 Å². The molecule has 8 nitrogen and oxygen atoms in total. The van der Waals surface area contributed by atoms with Crippen LogP contribution in [0.15, 0.2) is 71.6 Å². The molecule has 3 N–H and O–H groups in total. The molecule has 3 aromatic carbocycles. The third-order valence-electron chi connectivity index (χ3n) is 5.91. The predicted molar refractivity (Wildman–Crippen MR) is 138 cm³/mol. The van der Waals surface area contributed by atoms with Gasteiger partial charge in [-0.1, -0.05) is 47.5 Å². The first-order valence-electron chi connectivity index (χ1n) is 11.2. The summed E-state index contributed by atoms with van der Waals surface area (Å²) in [7, 11) is -4.26.